The molecule has 1 N–H and O–H groups in total. The molecule has 0 fully saturated rings. The Balaban J connectivity index is 1.65. The number of nitrogens with zero attached hydrogens (tertiary/aromatic N) is 4. The summed E-state index contributed by atoms with van der Waals surface area (Å²) in [5.74, 6) is -0.409. The van der Waals surface area contributed by atoms with Crippen LogP contribution < -0.4 is 5.32 Å². The molecule has 2 heterocycles. The van der Waals surface area contributed by atoms with E-state index in [4.69, 9.17) is 11.6 Å². The number of carbonyl (C=O) groups excluding carboxylic acids is 1. The lowest BCUT2D eigenvalue weighted by molar-refractivity contribution is -0.117. The normalized spacial score (nSPS) is 11.2. The van der Waals surface area contributed by atoms with Crippen LogP contribution in [0.3, 0.4) is 0 Å². The molecular formula is C18H18ClF2N5O. The van der Waals surface area contributed by atoms with Gasteiger partial charge in [0.1, 0.15) is 12.2 Å². The number of aromatic nitrogens is 4. The molecule has 0 saturated heterocycles. The summed E-state index contributed by atoms with van der Waals surface area (Å²) in [4.78, 5) is 12.2. The average Bonchev–Trinajstić information content (AvgIpc) is 3.16. The molecule has 1 amide bonds. The molecule has 0 aliphatic carbocycles. The van der Waals surface area contributed by atoms with Crippen molar-refractivity contribution in [2.24, 2.45) is 0 Å². The predicted molar refractivity (Wildman–Crippen MR) is 98.1 cm³/mol. The Bertz CT molecular complexity index is 967. The molecule has 6 nitrogen and oxygen atoms in total. The molecule has 2 aromatic heterocycles. The van der Waals surface area contributed by atoms with Crippen molar-refractivity contribution >= 4 is 23.2 Å². The van der Waals surface area contributed by atoms with E-state index in [1.807, 2.05) is 31.2 Å². The molecule has 1 aromatic carbocycles. The summed E-state index contributed by atoms with van der Waals surface area (Å²) in [7, 11) is 0. The summed E-state index contributed by atoms with van der Waals surface area (Å²) in [6, 6.07) is 7.96. The average molecular weight is 394 g/mol. The van der Waals surface area contributed by atoms with Crippen LogP contribution in [0.25, 0.3) is 0 Å². The van der Waals surface area contributed by atoms with Gasteiger partial charge < -0.3 is 5.32 Å². The van der Waals surface area contributed by atoms with E-state index in [0.29, 0.717) is 17.9 Å². The third-order valence-electron chi connectivity index (χ3n) is 4.17. The highest BCUT2D eigenvalue weighted by Crippen LogP contribution is 2.28. The van der Waals surface area contributed by atoms with Crippen molar-refractivity contribution in [1.82, 2.24) is 19.6 Å². The number of carbonyl (C=O) groups is 1. The van der Waals surface area contributed by atoms with E-state index in [1.54, 1.807) is 10.9 Å². The number of halogens is 3. The van der Waals surface area contributed by atoms with Crippen molar-refractivity contribution in [3.63, 3.8) is 0 Å². The van der Waals surface area contributed by atoms with Gasteiger partial charge in [-0.25, -0.2) is 8.78 Å². The van der Waals surface area contributed by atoms with E-state index >= 15 is 0 Å². The minimum atomic E-state index is -2.79. The fraction of sp³-hybridized carbons (Fsp3) is 0.278. The van der Waals surface area contributed by atoms with Crippen LogP contribution in [0.4, 0.5) is 14.5 Å². The first-order valence-electron chi connectivity index (χ1n) is 8.23. The maximum Gasteiger partial charge on any atom is 0.283 e. The summed E-state index contributed by atoms with van der Waals surface area (Å²) in [6.07, 6.45) is 0.446. The van der Waals surface area contributed by atoms with Gasteiger partial charge in [-0.15, -0.1) is 0 Å². The largest absolute Gasteiger partial charge is 0.322 e. The van der Waals surface area contributed by atoms with Crippen molar-refractivity contribution in [3.05, 3.63) is 64.2 Å². The van der Waals surface area contributed by atoms with Gasteiger partial charge in [-0.05, 0) is 25.0 Å². The molecule has 3 aromatic rings. The molecule has 3 rings (SSSR count). The third-order valence-corrected chi connectivity index (χ3v) is 4.64. The van der Waals surface area contributed by atoms with Crippen LogP contribution in [0.15, 0.2) is 36.7 Å². The molecular weight excluding hydrogens is 376 g/mol. The van der Waals surface area contributed by atoms with Crippen LogP contribution in [-0.2, 0) is 17.9 Å². The van der Waals surface area contributed by atoms with Crippen LogP contribution in [0.1, 0.15) is 28.9 Å². The van der Waals surface area contributed by atoms with Gasteiger partial charge in [0.15, 0.2) is 0 Å². The second-order valence-corrected chi connectivity index (χ2v) is 6.52. The third kappa shape index (κ3) is 4.33. The van der Waals surface area contributed by atoms with Gasteiger partial charge in [0.05, 0.1) is 29.1 Å². The van der Waals surface area contributed by atoms with Crippen LogP contribution in [0, 0.1) is 13.8 Å². The number of anilines is 1. The van der Waals surface area contributed by atoms with E-state index in [2.05, 4.69) is 15.5 Å². The Morgan fingerprint density at radius 1 is 1.30 bits per heavy atom. The molecule has 0 bridgehead atoms. The molecule has 0 radical (unpaired) electrons. The number of hydrogen-bond donors (Lipinski definition) is 1. The van der Waals surface area contributed by atoms with Crippen molar-refractivity contribution in [2.75, 3.05) is 5.32 Å². The molecule has 0 saturated carbocycles. The first-order valence-corrected chi connectivity index (χ1v) is 8.60. The molecule has 0 atom stereocenters. The van der Waals surface area contributed by atoms with Gasteiger partial charge in [-0.3, -0.25) is 14.2 Å². The van der Waals surface area contributed by atoms with Crippen LogP contribution in [-0.4, -0.2) is 25.5 Å². The van der Waals surface area contributed by atoms with E-state index < -0.39 is 18.0 Å². The van der Waals surface area contributed by atoms with Crippen LogP contribution >= 0.6 is 11.6 Å². The monoisotopic (exact) mass is 393 g/mol. The number of benzene rings is 1. The van der Waals surface area contributed by atoms with Gasteiger partial charge in [0.25, 0.3) is 6.43 Å². The van der Waals surface area contributed by atoms with E-state index in [-0.39, 0.29) is 11.6 Å². The minimum Gasteiger partial charge on any atom is -0.322 e. The van der Waals surface area contributed by atoms with Crippen molar-refractivity contribution in [2.45, 2.75) is 33.4 Å². The molecule has 27 heavy (non-hydrogen) atoms. The molecule has 0 aliphatic heterocycles. The fourth-order valence-electron chi connectivity index (χ4n) is 2.65. The maximum absolute atomic E-state index is 12.8. The SMILES string of the molecule is Cc1ccccc1Cn1cc(NC(=O)Cn2nc(C(F)F)c(Cl)c2C)cn1. The van der Waals surface area contributed by atoms with E-state index in [9.17, 15) is 13.6 Å². The lowest BCUT2D eigenvalue weighted by Gasteiger charge is -2.06. The second kappa shape index (κ2) is 7.87. The quantitative estimate of drug-likeness (QED) is 0.689. The Morgan fingerprint density at radius 2 is 2.04 bits per heavy atom. The number of aryl methyl sites for hydroxylation is 1. The summed E-state index contributed by atoms with van der Waals surface area (Å²) >= 11 is 5.84. The molecule has 0 spiro atoms. The van der Waals surface area contributed by atoms with Crippen molar-refractivity contribution in [1.29, 1.82) is 0 Å². The Labute approximate surface area is 159 Å². The lowest BCUT2D eigenvalue weighted by Crippen LogP contribution is -2.20. The van der Waals surface area contributed by atoms with Crippen molar-refractivity contribution < 1.29 is 13.6 Å². The van der Waals surface area contributed by atoms with Gasteiger partial charge in [0.2, 0.25) is 5.91 Å². The first-order chi connectivity index (χ1) is 12.8. The van der Waals surface area contributed by atoms with Gasteiger partial charge in [-0.1, -0.05) is 35.9 Å². The summed E-state index contributed by atoms with van der Waals surface area (Å²) < 4.78 is 28.6. The molecule has 0 aliphatic rings. The summed E-state index contributed by atoms with van der Waals surface area (Å²) in [5.41, 5.74) is 2.59. The van der Waals surface area contributed by atoms with Crippen molar-refractivity contribution in [3.8, 4) is 0 Å². The van der Waals surface area contributed by atoms with Gasteiger partial charge in [0, 0.05) is 6.20 Å². The number of hydrogen-bond acceptors (Lipinski definition) is 3. The highest BCUT2D eigenvalue weighted by atomic mass is 35.5. The Hall–Kier alpha value is -2.74. The Morgan fingerprint density at radius 3 is 2.70 bits per heavy atom. The zero-order valence-corrected chi connectivity index (χ0v) is 15.5. The summed E-state index contributed by atoms with van der Waals surface area (Å²) in [6.45, 7) is 3.91. The second-order valence-electron chi connectivity index (χ2n) is 6.14. The molecule has 0 unspecified atom stereocenters. The lowest BCUT2D eigenvalue weighted by atomic mass is 10.1. The smallest absolute Gasteiger partial charge is 0.283 e. The van der Waals surface area contributed by atoms with E-state index in [0.717, 1.165) is 15.8 Å². The Kier molecular flexibility index (Phi) is 5.55. The predicted octanol–water partition coefficient (Wildman–Crippen LogP) is 3.97. The highest BCUT2D eigenvalue weighted by Gasteiger charge is 2.21. The van der Waals surface area contributed by atoms with E-state index in [1.165, 1.54) is 13.1 Å². The van der Waals surface area contributed by atoms with Crippen LogP contribution in [0.2, 0.25) is 5.02 Å². The highest BCUT2D eigenvalue weighted by molar-refractivity contribution is 6.31. The standard InChI is InChI=1S/C18H18ClF2N5O/c1-11-5-3-4-6-13(11)8-25-9-14(7-22-25)23-15(27)10-26-12(2)16(19)17(24-26)18(20)21/h3-7,9,18H,8,10H2,1-2H3,(H,23,27). The molecule has 142 valence electrons. The summed E-state index contributed by atoms with van der Waals surface area (Å²) in [5, 5.41) is 10.5. The zero-order chi connectivity index (χ0) is 19.6. The fourth-order valence-corrected chi connectivity index (χ4v) is 2.87. The number of alkyl halides is 2. The van der Waals surface area contributed by atoms with Crippen LogP contribution in [0.5, 0.6) is 0 Å². The number of amides is 1. The van der Waals surface area contributed by atoms with Gasteiger partial charge >= 0.3 is 0 Å². The first kappa shape index (κ1) is 19.0. The maximum atomic E-state index is 12.8. The molecule has 9 heteroatoms. The number of rotatable bonds is 6. The van der Waals surface area contributed by atoms with Gasteiger partial charge in [-0.2, -0.15) is 10.2 Å². The zero-order valence-electron chi connectivity index (χ0n) is 14.8. The minimum absolute atomic E-state index is 0.121. The number of nitrogens with one attached hydrogen (secondary N) is 1. The topological polar surface area (TPSA) is 64.7 Å².